The first-order valence-electron chi connectivity index (χ1n) is 9.07. The first-order valence-corrected chi connectivity index (χ1v) is 10.9. The molecule has 0 saturated heterocycles. The highest BCUT2D eigenvalue weighted by molar-refractivity contribution is 7.89. The zero-order valence-electron chi connectivity index (χ0n) is 16.5. The normalized spacial score (nSPS) is 11.3. The molecule has 30 heavy (non-hydrogen) atoms. The van der Waals surface area contributed by atoms with Crippen LogP contribution in [0.3, 0.4) is 0 Å². The summed E-state index contributed by atoms with van der Waals surface area (Å²) in [6.07, 6.45) is 0. The van der Waals surface area contributed by atoms with Crippen molar-refractivity contribution in [1.29, 1.82) is 0 Å². The Balaban J connectivity index is 1.64. The van der Waals surface area contributed by atoms with E-state index < -0.39 is 15.9 Å². The molecule has 3 rings (SSSR count). The van der Waals surface area contributed by atoms with Crippen LogP contribution in [0.5, 0.6) is 5.75 Å². The predicted molar refractivity (Wildman–Crippen MR) is 118 cm³/mol. The molecule has 156 valence electrons. The Morgan fingerprint density at radius 3 is 2.37 bits per heavy atom. The molecule has 0 radical (unpaired) electrons. The van der Waals surface area contributed by atoms with Gasteiger partial charge in [0.15, 0.2) is 6.61 Å². The summed E-state index contributed by atoms with van der Waals surface area (Å²) in [7, 11) is -0.698. The summed E-state index contributed by atoms with van der Waals surface area (Å²) < 4.78 is 31.1. The van der Waals surface area contributed by atoms with Crippen molar-refractivity contribution < 1.29 is 17.9 Å². The van der Waals surface area contributed by atoms with Crippen LogP contribution in [0.15, 0.2) is 77.7 Å². The van der Waals surface area contributed by atoms with E-state index in [1.807, 2.05) is 36.4 Å². The van der Waals surface area contributed by atoms with Crippen LogP contribution in [-0.4, -0.2) is 39.3 Å². The first kappa shape index (κ1) is 21.8. The lowest BCUT2D eigenvalue weighted by molar-refractivity contribution is -0.118. The third kappa shape index (κ3) is 5.18. The average molecular weight is 445 g/mol. The Morgan fingerprint density at radius 1 is 0.967 bits per heavy atom. The molecule has 0 bridgehead atoms. The maximum absolute atomic E-state index is 12.2. The number of nitrogens with one attached hydrogen (secondary N) is 1. The molecule has 0 saturated carbocycles. The zero-order chi connectivity index (χ0) is 21.7. The highest BCUT2D eigenvalue weighted by Gasteiger charge is 2.17. The molecule has 3 aromatic carbocycles. The summed E-state index contributed by atoms with van der Waals surface area (Å²) in [4.78, 5) is 12.3. The molecule has 0 atom stereocenters. The maximum Gasteiger partial charge on any atom is 0.262 e. The van der Waals surface area contributed by atoms with E-state index in [-0.39, 0.29) is 11.5 Å². The Morgan fingerprint density at radius 2 is 1.70 bits per heavy atom. The fraction of sp³-hybridized carbons (Fsp3) is 0.136. The van der Waals surface area contributed by atoms with Crippen molar-refractivity contribution in [2.24, 2.45) is 0 Å². The van der Waals surface area contributed by atoms with E-state index in [1.165, 1.54) is 26.2 Å². The van der Waals surface area contributed by atoms with E-state index >= 15 is 0 Å². The Hall–Kier alpha value is -2.87. The quantitative estimate of drug-likeness (QED) is 0.590. The molecule has 0 spiro atoms. The number of nitrogens with zero attached hydrogens (tertiary/aromatic N) is 1. The molecule has 0 unspecified atom stereocenters. The van der Waals surface area contributed by atoms with E-state index in [2.05, 4.69) is 5.32 Å². The lowest BCUT2D eigenvalue weighted by Gasteiger charge is -2.13. The molecule has 1 amide bonds. The van der Waals surface area contributed by atoms with Crippen LogP contribution in [-0.2, 0) is 14.8 Å². The van der Waals surface area contributed by atoms with Gasteiger partial charge in [-0.1, -0.05) is 54.1 Å². The second-order valence-corrected chi connectivity index (χ2v) is 9.22. The minimum absolute atomic E-state index is 0.0887. The van der Waals surface area contributed by atoms with Crippen LogP contribution in [0.2, 0.25) is 5.02 Å². The number of hydrogen-bond acceptors (Lipinski definition) is 4. The molecule has 1 N–H and O–H groups in total. The minimum atomic E-state index is -3.59. The molecule has 3 aromatic rings. The summed E-state index contributed by atoms with van der Waals surface area (Å²) in [5.41, 5.74) is 2.32. The number of amides is 1. The second kappa shape index (κ2) is 9.30. The van der Waals surface area contributed by atoms with Crippen molar-refractivity contribution in [3.63, 3.8) is 0 Å². The molecule has 0 heterocycles. The summed E-state index contributed by atoms with van der Waals surface area (Å²) in [5, 5.41) is 3.02. The fourth-order valence-corrected chi connectivity index (χ4v) is 3.90. The van der Waals surface area contributed by atoms with Crippen LogP contribution in [0.25, 0.3) is 11.1 Å². The van der Waals surface area contributed by atoms with E-state index in [1.54, 1.807) is 24.3 Å². The van der Waals surface area contributed by atoms with Crippen LogP contribution < -0.4 is 10.1 Å². The van der Waals surface area contributed by atoms with Crippen molar-refractivity contribution in [2.75, 3.05) is 26.0 Å². The van der Waals surface area contributed by atoms with Crippen LogP contribution in [0.4, 0.5) is 5.69 Å². The van der Waals surface area contributed by atoms with Gasteiger partial charge in [0.25, 0.3) is 5.91 Å². The number of carbonyl (C=O) groups excluding carboxylic acids is 1. The SMILES string of the molecule is CN(C)S(=O)(=O)c1cccc(NC(=O)COc2ccc(-c3ccccc3)cc2Cl)c1. The minimum Gasteiger partial charge on any atom is -0.482 e. The van der Waals surface area contributed by atoms with Gasteiger partial charge in [0.05, 0.1) is 9.92 Å². The zero-order valence-corrected chi connectivity index (χ0v) is 18.1. The topological polar surface area (TPSA) is 75.7 Å². The summed E-state index contributed by atoms with van der Waals surface area (Å²) in [6, 6.07) is 21.2. The number of hydrogen-bond donors (Lipinski definition) is 1. The van der Waals surface area contributed by atoms with Crippen LogP contribution in [0, 0.1) is 0 Å². The lowest BCUT2D eigenvalue weighted by atomic mass is 10.1. The summed E-state index contributed by atoms with van der Waals surface area (Å²) in [6.45, 7) is -0.269. The van der Waals surface area contributed by atoms with Crippen molar-refractivity contribution in [1.82, 2.24) is 4.31 Å². The van der Waals surface area contributed by atoms with E-state index in [0.29, 0.717) is 16.5 Å². The van der Waals surface area contributed by atoms with Gasteiger partial charge in [-0.2, -0.15) is 0 Å². The largest absolute Gasteiger partial charge is 0.482 e. The smallest absolute Gasteiger partial charge is 0.262 e. The predicted octanol–water partition coefficient (Wildman–Crippen LogP) is 4.27. The second-order valence-electron chi connectivity index (χ2n) is 6.66. The molecule has 0 aliphatic carbocycles. The molecular formula is C22H21ClN2O4S. The van der Waals surface area contributed by atoms with E-state index in [9.17, 15) is 13.2 Å². The monoisotopic (exact) mass is 444 g/mol. The standard InChI is InChI=1S/C22H21ClN2O4S/c1-25(2)30(27,28)19-10-6-9-18(14-19)24-22(26)15-29-21-12-11-17(13-20(21)23)16-7-4-3-5-8-16/h3-14H,15H2,1-2H3,(H,24,26). The van der Waals surface area contributed by atoms with Crippen LogP contribution >= 0.6 is 11.6 Å². The number of ether oxygens (including phenoxy) is 1. The average Bonchev–Trinajstić information content (AvgIpc) is 2.73. The van der Waals surface area contributed by atoms with Crippen molar-refractivity contribution in [2.45, 2.75) is 4.90 Å². The molecule has 0 aromatic heterocycles. The van der Waals surface area contributed by atoms with Crippen molar-refractivity contribution in [3.05, 3.63) is 77.8 Å². The Kier molecular flexibility index (Phi) is 6.77. The molecule has 6 nitrogen and oxygen atoms in total. The summed E-state index contributed by atoms with van der Waals surface area (Å²) >= 11 is 6.30. The Bertz CT molecular complexity index is 1150. The highest BCUT2D eigenvalue weighted by Crippen LogP contribution is 2.30. The number of sulfonamides is 1. The molecule has 0 aliphatic heterocycles. The number of rotatable bonds is 7. The summed E-state index contributed by atoms with van der Waals surface area (Å²) in [5.74, 6) is -0.0481. The van der Waals surface area contributed by atoms with Crippen molar-refractivity contribution >= 4 is 33.2 Å². The van der Waals surface area contributed by atoms with Gasteiger partial charge in [0.2, 0.25) is 10.0 Å². The third-order valence-corrected chi connectivity index (χ3v) is 6.40. The van der Waals surface area contributed by atoms with Crippen LogP contribution in [0.1, 0.15) is 0 Å². The number of carbonyl (C=O) groups is 1. The van der Waals surface area contributed by atoms with Crippen molar-refractivity contribution in [3.8, 4) is 16.9 Å². The molecule has 0 fully saturated rings. The van der Waals surface area contributed by atoms with Gasteiger partial charge in [-0.3, -0.25) is 4.79 Å². The molecular weight excluding hydrogens is 424 g/mol. The van der Waals surface area contributed by atoms with Gasteiger partial charge in [-0.15, -0.1) is 0 Å². The number of benzene rings is 3. The van der Waals surface area contributed by atoms with Gasteiger partial charge >= 0.3 is 0 Å². The maximum atomic E-state index is 12.2. The molecule has 8 heteroatoms. The number of anilines is 1. The van der Waals surface area contributed by atoms with Gasteiger partial charge in [0.1, 0.15) is 5.75 Å². The van der Waals surface area contributed by atoms with E-state index in [0.717, 1.165) is 15.4 Å². The highest BCUT2D eigenvalue weighted by atomic mass is 35.5. The third-order valence-electron chi connectivity index (χ3n) is 4.29. The van der Waals surface area contributed by atoms with Gasteiger partial charge in [-0.05, 0) is 41.5 Å². The van der Waals surface area contributed by atoms with Gasteiger partial charge in [0, 0.05) is 19.8 Å². The fourth-order valence-electron chi connectivity index (χ4n) is 2.71. The van der Waals surface area contributed by atoms with Gasteiger partial charge < -0.3 is 10.1 Å². The molecule has 0 aliphatic rings. The number of halogens is 1. The van der Waals surface area contributed by atoms with Gasteiger partial charge in [-0.25, -0.2) is 12.7 Å². The first-order chi connectivity index (χ1) is 14.3. The van der Waals surface area contributed by atoms with E-state index in [4.69, 9.17) is 16.3 Å². The lowest BCUT2D eigenvalue weighted by Crippen LogP contribution is -2.23. The Labute approximate surface area is 181 Å².